The lowest BCUT2D eigenvalue weighted by Gasteiger charge is -2.37. The summed E-state index contributed by atoms with van der Waals surface area (Å²) in [5.74, 6) is 0.282. The highest BCUT2D eigenvalue weighted by Crippen LogP contribution is 2.46. The van der Waals surface area contributed by atoms with Crippen LogP contribution in [-0.4, -0.2) is 50.1 Å². The second-order valence-corrected chi connectivity index (χ2v) is 10.9. The van der Waals surface area contributed by atoms with Crippen molar-refractivity contribution in [2.45, 2.75) is 43.8 Å². The predicted molar refractivity (Wildman–Crippen MR) is 162 cm³/mol. The molecule has 9 nitrogen and oxygen atoms in total. The van der Waals surface area contributed by atoms with Crippen LogP contribution in [0.1, 0.15) is 43.2 Å². The second kappa shape index (κ2) is 11.3. The summed E-state index contributed by atoms with van der Waals surface area (Å²) in [4.78, 5) is 25.3. The van der Waals surface area contributed by atoms with E-state index in [2.05, 4.69) is 15.3 Å². The van der Waals surface area contributed by atoms with Gasteiger partial charge in [-0.3, -0.25) is 14.3 Å². The molecular weight excluding hydrogens is 549 g/mol. The average molecular weight is 584 g/mol. The van der Waals surface area contributed by atoms with Gasteiger partial charge in [0.05, 0.1) is 25.6 Å². The van der Waals surface area contributed by atoms with Gasteiger partial charge in [-0.15, -0.1) is 0 Å². The van der Waals surface area contributed by atoms with Crippen LogP contribution in [0, 0.1) is 5.92 Å². The Morgan fingerprint density at radius 1 is 1.05 bits per heavy atom. The smallest absolute Gasteiger partial charge is 0.280 e. The van der Waals surface area contributed by atoms with E-state index in [0.717, 1.165) is 16.7 Å². The number of halogens is 1. The van der Waals surface area contributed by atoms with Gasteiger partial charge in [0.25, 0.3) is 5.56 Å². The third kappa shape index (κ3) is 4.67. The molecule has 0 bridgehead atoms. The number of hydrogen-bond acceptors (Lipinski definition) is 7. The first-order chi connectivity index (χ1) is 20.9. The number of aromatic nitrogens is 4. The molecule has 222 valence electrons. The van der Waals surface area contributed by atoms with Crippen molar-refractivity contribution >= 4 is 17.1 Å². The molecule has 43 heavy (non-hydrogen) atoms. The minimum absolute atomic E-state index is 0.0569. The van der Waals surface area contributed by atoms with E-state index < -0.39 is 35.0 Å². The maximum absolute atomic E-state index is 15.7. The van der Waals surface area contributed by atoms with Crippen LogP contribution < -0.4 is 15.6 Å². The van der Waals surface area contributed by atoms with Gasteiger partial charge in [-0.05, 0) is 35.2 Å². The number of methoxy groups -OCH3 is 1. The van der Waals surface area contributed by atoms with Gasteiger partial charge in [-0.2, -0.15) is 4.98 Å². The highest BCUT2D eigenvalue weighted by molar-refractivity contribution is 5.71. The predicted octanol–water partition coefficient (Wildman–Crippen LogP) is 5.18. The number of nitrogens with one attached hydrogen (secondary N) is 2. The SMILES string of the molecule is CC[C@@]1(CO)O[C@@H](n2cnc3c(=O)[nH]c(NC(c4ccccc4)(c4ccccc4)c4ccc(OC)cc4)nc32)[C@@H](F)[C@@H]1C. The Hall–Kier alpha value is -4.54. The molecule has 6 rings (SSSR count). The zero-order chi connectivity index (χ0) is 30.2. The van der Waals surface area contributed by atoms with E-state index >= 15 is 4.39 Å². The third-order valence-electron chi connectivity index (χ3n) is 8.75. The number of alkyl halides is 1. The van der Waals surface area contributed by atoms with Crippen molar-refractivity contribution in [2.24, 2.45) is 5.92 Å². The number of anilines is 1. The lowest BCUT2D eigenvalue weighted by Crippen LogP contribution is -2.39. The Kier molecular flexibility index (Phi) is 7.49. The van der Waals surface area contributed by atoms with Crippen LogP contribution in [0.15, 0.2) is 96.1 Å². The van der Waals surface area contributed by atoms with Gasteiger partial charge in [0.15, 0.2) is 23.6 Å². The monoisotopic (exact) mass is 583 g/mol. The number of aromatic amines is 1. The van der Waals surface area contributed by atoms with E-state index in [1.165, 1.54) is 10.9 Å². The Morgan fingerprint density at radius 3 is 2.19 bits per heavy atom. The van der Waals surface area contributed by atoms with Crippen molar-refractivity contribution in [3.63, 3.8) is 0 Å². The lowest BCUT2D eigenvalue weighted by molar-refractivity contribution is -0.113. The molecular formula is C33H34FN5O4. The summed E-state index contributed by atoms with van der Waals surface area (Å²) in [5, 5.41) is 13.7. The quantitative estimate of drug-likeness (QED) is 0.205. The first-order valence-corrected chi connectivity index (χ1v) is 14.3. The number of imidazole rings is 1. The second-order valence-electron chi connectivity index (χ2n) is 10.9. The summed E-state index contributed by atoms with van der Waals surface area (Å²) < 4.78 is 28.7. The van der Waals surface area contributed by atoms with E-state index in [1.807, 2.05) is 91.9 Å². The van der Waals surface area contributed by atoms with Gasteiger partial charge in [0, 0.05) is 5.92 Å². The number of fused-ring (bicyclic) bond motifs is 1. The Labute approximate surface area is 248 Å². The zero-order valence-corrected chi connectivity index (χ0v) is 24.2. The Morgan fingerprint density at radius 2 is 1.65 bits per heavy atom. The molecule has 0 unspecified atom stereocenters. The van der Waals surface area contributed by atoms with Crippen molar-refractivity contribution in [3.8, 4) is 5.75 Å². The van der Waals surface area contributed by atoms with Crippen LogP contribution in [0.5, 0.6) is 5.75 Å². The number of hydrogen-bond donors (Lipinski definition) is 3. The molecule has 5 aromatic rings. The van der Waals surface area contributed by atoms with E-state index in [9.17, 15) is 9.90 Å². The van der Waals surface area contributed by atoms with Crippen LogP contribution in [-0.2, 0) is 10.3 Å². The molecule has 3 heterocycles. The molecule has 0 spiro atoms. The molecule has 0 amide bonds. The number of rotatable bonds is 9. The average Bonchev–Trinajstić information content (AvgIpc) is 3.59. The van der Waals surface area contributed by atoms with E-state index in [0.29, 0.717) is 12.2 Å². The van der Waals surface area contributed by atoms with Crippen molar-refractivity contribution in [3.05, 3.63) is 118 Å². The molecule has 0 aliphatic carbocycles. The number of H-pyrrole nitrogens is 1. The number of aliphatic hydroxyl groups excluding tert-OH is 1. The summed E-state index contributed by atoms with van der Waals surface area (Å²) >= 11 is 0. The molecule has 1 aliphatic rings. The minimum Gasteiger partial charge on any atom is -0.497 e. The van der Waals surface area contributed by atoms with E-state index in [1.54, 1.807) is 14.0 Å². The molecule has 3 N–H and O–H groups in total. The zero-order valence-electron chi connectivity index (χ0n) is 24.2. The number of ether oxygens (including phenoxy) is 2. The van der Waals surface area contributed by atoms with Gasteiger partial charge in [-0.25, -0.2) is 9.37 Å². The highest BCUT2D eigenvalue weighted by Gasteiger charge is 2.53. The molecule has 0 saturated carbocycles. The molecule has 10 heteroatoms. The third-order valence-corrected chi connectivity index (χ3v) is 8.75. The Bertz CT molecular complexity index is 1710. The first kappa shape index (κ1) is 28.6. The number of nitrogens with zero attached hydrogens (tertiary/aromatic N) is 3. The fourth-order valence-electron chi connectivity index (χ4n) is 6.14. The molecule has 4 atom stereocenters. The van der Waals surface area contributed by atoms with Crippen molar-refractivity contribution in [1.29, 1.82) is 0 Å². The summed E-state index contributed by atoms with van der Waals surface area (Å²) in [6.45, 7) is 3.25. The van der Waals surface area contributed by atoms with Crippen LogP contribution >= 0.6 is 0 Å². The van der Waals surface area contributed by atoms with Gasteiger partial charge >= 0.3 is 0 Å². The standard InChI is InChI=1S/C33H34FN5O4/c1-4-32(19-40)21(2)26(34)30(43-32)39-20-35-27-28(39)36-31(37-29(27)41)38-33(22-11-7-5-8-12-22,23-13-9-6-10-14-23)24-15-17-25(42-3)18-16-24/h5-18,20-21,26,30,40H,4,19H2,1-3H3,(H2,36,37,38,41)/t21-,26-,30+,32-/m0/s1. The largest absolute Gasteiger partial charge is 0.497 e. The normalized spacial score (nSPS) is 22.1. The van der Waals surface area contributed by atoms with Gasteiger partial charge in [0.2, 0.25) is 5.95 Å². The topological polar surface area (TPSA) is 114 Å². The van der Waals surface area contributed by atoms with Crippen molar-refractivity contribution < 1.29 is 19.0 Å². The minimum atomic E-state index is -1.45. The molecule has 1 aliphatic heterocycles. The van der Waals surface area contributed by atoms with Crippen LogP contribution in [0.25, 0.3) is 11.2 Å². The van der Waals surface area contributed by atoms with E-state index in [-0.39, 0.29) is 23.7 Å². The van der Waals surface area contributed by atoms with Gasteiger partial charge in [-0.1, -0.05) is 86.6 Å². The molecule has 3 aromatic carbocycles. The molecule has 0 radical (unpaired) electrons. The van der Waals surface area contributed by atoms with Crippen molar-refractivity contribution in [1.82, 2.24) is 19.5 Å². The fourth-order valence-corrected chi connectivity index (χ4v) is 6.14. The van der Waals surface area contributed by atoms with Crippen molar-refractivity contribution in [2.75, 3.05) is 19.0 Å². The summed E-state index contributed by atoms with van der Waals surface area (Å²) in [7, 11) is 1.61. The summed E-state index contributed by atoms with van der Waals surface area (Å²) in [6, 6.07) is 27.4. The molecule has 2 aromatic heterocycles. The fraction of sp³-hybridized carbons (Fsp3) is 0.303. The van der Waals surface area contributed by atoms with E-state index in [4.69, 9.17) is 14.5 Å². The van der Waals surface area contributed by atoms with Gasteiger partial charge < -0.3 is 19.9 Å². The number of benzene rings is 3. The highest BCUT2D eigenvalue weighted by atomic mass is 19.1. The summed E-state index contributed by atoms with van der Waals surface area (Å²) in [6.07, 6.45) is -0.763. The lowest BCUT2D eigenvalue weighted by atomic mass is 9.77. The molecule has 1 fully saturated rings. The maximum atomic E-state index is 15.7. The molecule has 1 saturated heterocycles. The summed E-state index contributed by atoms with van der Waals surface area (Å²) in [5.41, 5.74) is 0.356. The maximum Gasteiger partial charge on any atom is 0.280 e. The number of aliphatic hydroxyl groups is 1. The Balaban J connectivity index is 1.53. The van der Waals surface area contributed by atoms with Crippen LogP contribution in [0.3, 0.4) is 0 Å². The van der Waals surface area contributed by atoms with Crippen LogP contribution in [0.4, 0.5) is 10.3 Å². The van der Waals surface area contributed by atoms with Crippen LogP contribution in [0.2, 0.25) is 0 Å². The first-order valence-electron chi connectivity index (χ1n) is 14.3. The van der Waals surface area contributed by atoms with Gasteiger partial charge in [0.1, 0.15) is 11.3 Å².